The summed E-state index contributed by atoms with van der Waals surface area (Å²) in [5.74, 6) is -0.501. The number of aromatic amines is 1. The van der Waals surface area contributed by atoms with Crippen molar-refractivity contribution >= 4 is 33.0 Å². The van der Waals surface area contributed by atoms with E-state index < -0.39 is 16.0 Å². The Balaban J connectivity index is 2.05. The standard InChI is InChI=1S/C20H23N3O4S2/c1-6-27-20(24)15-8-7-9-16(10-15)23-29(25,26)19-14(5)28-13(4)17(19)18-11(2)12(3)21-22-18/h7-10,23H,6H2,1-5H3,(H,21,22). The lowest BCUT2D eigenvalue weighted by molar-refractivity contribution is 0.0526. The Bertz CT molecular complexity index is 1180. The van der Waals surface area contributed by atoms with Crippen molar-refractivity contribution in [2.75, 3.05) is 11.3 Å². The van der Waals surface area contributed by atoms with Gasteiger partial charge in [-0.3, -0.25) is 9.82 Å². The molecule has 3 rings (SSSR count). The number of carbonyl (C=O) groups excluding carboxylic acids is 1. The van der Waals surface area contributed by atoms with Gasteiger partial charge in [0.15, 0.2) is 0 Å². The quantitative estimate of drug-likeness (QED) is 0.563. The lowest BCUT2D eigenvalue weighted by Gasteiger charge is -2.11. The van der Waals surface area contributed by atoms with Gasteiger partial charge in [-0.25, -0.2) is 13.2 Å². The first-order valence-electron chi connectivity index (χ1n) is 9.07. The number of sulfonamides is 1. The molecule has 7 nitrogen and oxygen atoms in total. The molecule has 9 heteroatoms. The largest absolute Gasteiger partial charge is 0.462 e. The Morgan fingerprint density at radius 3 is 2.55 bits per heavy atom. The molecule has 0 atom stereocenters. The molecule has 2 heterocycles. The highest BCUT2D eigenvalue weighted by atomic mass is 32.2. The third-order valence-corrected chi connectivity index (χ3v) is 7.29. The third kappa shape index (κ3) is 4.06. The van der Waals surface area contributed by atoms with Crippen molar-refractivity contribution in [2.45, 2.75) is 39.5 Å². The molecule has 3 aromatic rings. The zero-order valence-electron chi connectivity index (χ0n) is 16.9. The van der Waals surface area contributed by atoms with E-state index in [9.17, 15) is 13.2 Å². The number of aromatic nitrogens is 2. The molecular formula is C20H23N3O4S2. The molecule has 29 heavy (non-hydrogen) atoms. The molecule has 0 spiro atoms. The van der Waals surface area contributed by atoms with Crippen molar-refractivity contribution in [1.29, 1.82) is 0 Å². The van der Waals surface area contributed by atoms with Gasteiger partial charge in [-0.15, -0.1) is 11.3 Å². The third-order valence-electron chi connectivity index (χ3n) is 4.59. The number of benzene rings is 1. The van der Waals surface area contributed by atoms with Crippen LogP contribution in [-0.4, -0.2) is 31.2 Å². The number of hydrogen-bond acceptors (Lipinski definition) is 6. The van der Waals surface area contributed by atoms with Crippen LogP contribution < -0.4 is 4.72 Å². The summed E-state index contributed by atoms with van der Waals surface area (Å²) in [6.45, 7) is 9.43. The van der Waals surface area contributed by atoms with E-state index in [1.54, 1.807) is 32.0 Å². The van der Waals surface area contributed by atoms with Crippen LogP contribution >= 0.6 is 11.3 Å². The molecule has 0 aliphatic heterocycles. The number of nitrogens with one attached hydrogen (secondary N) is 2. The Hall–Kier alpha value is -2.65. The molecule has 0 saturated heterocycles. The number of ether oxygens (including phenoxy) is 1. The van der Waals surface area contributed by atoms with Gasteiger partial charge in [0, 0.05) is 26.7 Å². The van der Waals surface area contributed by atoms with Crippen molar-refractivity contribution in [1.82, 2.24) is 10.2 Å². The summed E-state index contributed by atoms with van der Waals surface area (Å²) in [4.78, 5) is 13.7. The summed E-state index contributed by atoms with van der Waals surface area (Å²) < 4.78 is 34.2. The first kappa shape index (κ1) is 21.1. The van der Waals surface area contributed by atoms with Crippen LogP contribution in [0.3, 0.4) is 0 Å². The molecule has 0 saturated carbocycles. The Labute approximate surface area is 174 Å². The van der Waals surface area contributed by atoms with E-state index >= 15 is 0 Å². The minimum Gasteiger partial charge on any atom is -0.462 e. The molecule has 0 bridgehead atoms. The van der Waals surface area contributed by atoms with Gasteiger partial charge in [-0.1, -0.05) is 6.07 Å². The van der Waals surface area contributed by atoms with Gasteiger partial charge in [0.1, 0.15) is 4.90 Å². The number of hydrogen-bond donors (Lipinski definition) is 2. The molecule has 0 aliphatic rings. The molecule has 0 amide bonds. The minimum absolute atomic E-state index is 0.205. The summed E-state index contributed by atoms with van der Waals surface area (Å²) >= 11 is 1.41. The molecule has 1 aromatic carbocycles. The second-order valence-electron chi connectivity index (χ2n) is 6.65. The van der Waals surface area contributed by atoms with Gasteiger partial charge in [-0.2, -0.15) is 5.10 Å². The van der Waals surface area contributed by atoms with Crippen LogP contribution in [0.4, 0.5) is 5.69 Å². The van der Waals surface area contributed by atoms with Crippen LogP contribution in [0.15, 0.2) is 29.2 Å². The van der Waals surface area contributed by atoms with Gasteiger partial charge >= 0.3 is 5.97 Å². The number of thiophene rings is 1. The Morgan fingerprint density at radius 2 is 1.93 bits per heavy atom. The summed E-state index contributed by atoms with van der Waals surface area (Å²) in [7, 11) is -3.91. The highest BCUT2D eigenvalue weighted by Crippen LogP contribution is 2.40. The molecule has 154 valence electrons. The normalized spacial score (nSPS) is 11.5. The fraction of sp³-hybridized carbons (Fsp3) is 0.300. The van der Waals surface area contributed by atoms with E-state index in [2.05, 4.69) is 14.9 Å². The lowest BCUT2D eigenvalue weighted by atomic mass is 10.1. The Morgan fingerprint density at radius 1 is 1.21 bits per heavy atom. The van der Waals surface area contributed by atoms with E-state index in [4.69, 9.17) is 4.74 Å². The first-order chi connectivity index (χ1) is 13.7. The minimum atomic E-state index is -3.91. The predicted molar refractivity (Wildman–Crippen MR) is 114 cm³/mol. The van der Waals surface area contributed by atoms with Crippen LogP contribution in [0.25, 0.3) is 11.3 Å². The zero-order valence-corrected chi connectivity index (χ0v) is 18.5. The molecule has 2 N–H and O–H groups in total. The monoisotopic (exact) mass is 433 g/mol. The number of rotatable bonds is 6. The van der Waals surface area contributed by atoms with Crippen LogP contribution in [0.2, 0.25) is 0 Å². The van der Waals surface area contributed by atoms with Crippen LogP contribution in [0.1, 0.15) is 38.3 Å². The molecular weight excluding hydrogens is 410 g/mol. The molecule has 0 aliphatic carbocycles. The maximum absolute atomic E-state index is 13.3. The Kier molecular flexibility index (Phi) is 5.81. The van der Waals surface area contributed by atoms with Gasteiger partial charge in [0.25, 0.3) is 10.0 Å². The second-order valence-corrected chi connectivity index (χ2v) is 9.70. The smallest absolute Gasteiger partial charge is 0.338 e. The maximum Gasteiger partial charge on any atom is 0.338 e. The van der Waals surface area contributed by atoms with Crippen LogP contribution in [0.5, 0.6) is 0 Å². The number of anilines is 1. The van der Waals surface area contributed by atoms with E-state index in [-0.39, 0.29) is 17.1 Å². The highest BCUT2D eigenvalue weighted by molar-refractivity contribution is 7.93. The fourth-order valence-electron chi connectivity index (χ4n) is 3.12. The average Bonchev–Trinajstić information content (AvgIpc) is 3.13. The number of nitrogens with zero attached hydrogens (tertiary/aromatic N) is 1. The summed E-state index contributed by atoms with van der Waals surface area (Å²) in [6.07, 6.45) is 0. The summed E-state index contributed by atoms with van der Waals surface area (Å²) in [5.41, 5.74) is 3.60. The number of aryl methyl sites for hydroxylation is 3. The van der Waals surface area contributed by atoms with Gasteiger partial charge < -0.3 is 4.74 Å². The SMILES string of the molecule is CCOC(=O)c1cccc(NS(=O)(=O)c2c(C)sc(C)c2-c2n[nH]c(C)c2C)c1. The van der Waals surface area contributed by atoms with E-state index in [0.717, 1.165) is 16.1 Å². The fourth-order valence-corrected chi connectivity index (χ4v) is 6.03. The van der Waals surface area contributed by atoms with Gasteiger partial charge in [0.05, 0.1) is 17.9 Å². The highest BCUT2D eigenvalue weighted by Gasteiger charge is 2.29. The van der Waals surface area contributed by atoms with Crippen molar-refractivity contribution in [3.8, 4) is 11.3 Å². The van der Waals surface area contributed by atoms with E-state index in [0.29, 0.717) is 21.8 Å². The molecule has 0 unspecified atom stereocenters. The summed E-state index contributed by atoms with van der Waals surface area (Å²) in [5, 5.41) is 7.25. The first-order valence-corrected chi connectivity index (χ1v) is 11.4. The van der Waals surface area contributed by atoms with Crippen molar-refractivity contribution in [3.63, 3.8) is 0 Å². The molecule has 2 aromatic heterocycles. The second kappa shape index (κ2) is 8.00. The van der Waals surface area contributed by atoms with E-state index in [1.165, 1.54) is 17.4 Å². The average molecular weight is 434 g/mol. The molecule has 0 radical (unpaired) electrons. The summed E-state index contributed by atoms with van der Waals surface area (Å²) in [6, 6.07) is 6.25. The van der Waals surface area contributed by atoms with Crippen molar-refractivity contribution < 1.29 is 17.9 Å². The van der Waals surface area contributed by atoms with Crippen molar-refractivity contribution in [3.05, 3.63) is 50.8 Å². The lowest BCUT2D eigenvalue weighted by Crippen LogP contribution is -2.15. The number of carbonyl (C=O) groups is 1. The van der Waals surface area contributed by atoms with Crippen LogP contribution in [-0.2, 0) is 14.8 Å². The predicted octanol–water partition coefficient (Wildman–Crippen LogP) is 4.35. The number of esters is 1. The topological polar surface area (TPSA) is 101 Å². The maximum atomic E-state index is 13.3. The van der Waals surface area contributed by atoms with Crippen LogP contribution in [0, 0.1) is 27.7 Å². The van der Waals surface area contributed by atoms with Gasteiger partial charge in [0.2, 0.25) is 0 Å². The zero-order chi connectivity index (χ0) is 21.3. The van der Waals surface area contributed by atoms with E-state index in [1.807, 2.05) is 20.8 Å². The van der Waals surface area contributed by atoms with Crippen molar-refractivity contribution in [2.24, 2.45) is 0 Å². The molecule has 0 fully saturated rings. The number of H-pyrrole nitrogens is 1. The van der Waals surface area contributed by atoms with Gasteiger partial charge in [-0.05, 0) is 58.4 Å².